The molecule has 3 N–H and O–H groups in total. The van der Waals surface area contributed by atoms with Crippen LogP contribution in [-0.2, 0) is 6.42 Å². The van der Waals surface area contributed by atoms with Crippen LogP contribution in [0, 0.1) is 0 Å². The Morgan fingerprint density at radius 2 is 2.50 bits per heavy atom. The van der Waals surface area contributed by atoms with Crippen molar-refractivity contribution in [2.45, 2.75) is 6.42 Å². The molecule has 0 aliphatic carbocycles. The van der Waals surface area contributed by atoms with Gasteiger partial charge in [0.2, 0.25) is 0 Å². The molecule has 0 radical (unpaired) electrons. The average Bonchev–Trinajstić information content (AvgIpc) is 2.19. The lowest BCUT2D eigenvalue weighted by Gasteiger charge is -1.84. The molecular formula is C6H10NS+. The molecule has 0 aliphatic heterocycles. The molecule has 0 atom stereocenters. The van der Waals surface area contributed by atoms with Gasteiger partial charge >= 0.3 is 0 Å². The fraction of sp³-hybridized carbons (Fsp3) is 0.333. The maximum absolute atomic E-state index is 3.77. The normalized spacial score (nSPS) is 9.62. The summed E-state index contributed by atoms with van der Waals surface area (Å²) in [5, 5.41) is 4.27. The Morgan fingerprint density at radius 1 is 1.62 bits per heavy atom. The van der Waals surface area contributed by atoms with E-state index in [4.69, 9.17) is 0 Å². The molecule has 0 aliphatic rings. The van der Waals surface area contributed by atoms with Crippen molar-refractivity contribution in [3.63, 3.8) is 0 Å². The van der Waals surface area contributed by atoms with Crippen molar-refractivity contribution in [2.24, 2.45) is 0 Å². The SMILES string of the molecule is [NH3+]CCc1ccsc1. The van der Waals surface area contributed by atoms with Gasteiger partial charge in [-0.15, -0.1) is 0 Å². The lowest BCUT2D eigenvalue weighted by molar-refractivity contribution is -0.366. The van der Waals surface area contributed by atoms with E-state index in [2.05, 4.69) is 22.6 Å². The number of quaternary nitrogens is 1. The first-order valence-corrected chi connectivity index (χ1v) is 3.68. The van der Waals surface area contributed by atoms with E-state index in [1.165, 1.54) is 5.56 Å². The van der Waals surface area contributed by atoms with E-state index in [9.17, 15) is 0 Å². The first kappa shape index (κ1) is 5.79. The summed E-state index contributed by atoms with van der Waals surface area (Å²) in [5.74, 6) is 0. The third-order valence-electron chi connectivity index (χ3n) is 1.05. The highest BCUT2D eigenvalue weighted by Gasteiger charge is 1.88. The first-order chi connectivity index (χ1) is 3.93. The van der Waals surface area contributed by atoms with Gasteiger partial charge in [-0.05, 0) is 22.4 Å². The zero-order valence-corrected chi connectivity index (χ0v) is 5.58. The van der Waals surface area contributed by atoms with E-state index in [1.807, 2.05) is 0 Å². The second-order valence-electron chi connectivity index (χ2n) is 1.74. The summed E-state index contributed by atoms with van der Waals surface area (Å²) < 4.78 is 0. The Labute approximate surface area is 53.1 Å². The molecule has 0 amide bonds. The number of rotatable bonds is 2. The summed E-state index contributed by atoms with van der Waals surface area (Å²) in [5.41, 5.74) is 5.19. The molecule has 1 nitrogen and oxygen atoms in total. The topological polar surface area (TPSA) is 27.6 Å². The van der Waals surface area contributed by atoms with E-state index in [1.54, 1.807) is 11.3 Å². The minimum atomic E-state index is 1.01. The Balaban J connectivity index is 2.50. The van der Waals surface area contributed by atoms with Gasteiger partial charge in [0.1, 0.15) is 0 Å². The van der Waals surface area contributed by atoms with Crippen LogP contribution in [0.1, 0.15) is 5.56 Å². The summed E-state index contributed by atoms with van der Waals surface area (Å²) in [6.45, 7) is 1.01. The fourth-order valence-corrected chi connectivity index (χ4v) is 1.34. The molecular weight excluding hydrogens is 118 g/mol. The molecule has 0 unspecified atom stereocenters. The lowest BCUT2D eigenvalue weighted by Crippen LogP contribution is -2.51. The predicted molar refractivity (Wildman–Crippen MR) is 35.8 cm³/mol. The Hall–Kier alpha value is -0.340. The summed E-state index contributed by atoms with van der Waals surface area (Å²) in [7, 11) is 0. The summed E-state index contributed by atoms with van der Waals surface area (Å²) in [4.78, 5) is 0. The third kappa shape index (κ3) is 1.32. The summed E-state index contributed by atoms with van der Waals surface area (Å²) >= 11 is 1.75. The van der Waals surface area contributed by atoms with Crippen LogP contribution in [0.4, 0.5) is 0 Å². The predicted octanol–water partition coefficient (Wildman–Crippen LogP) is 0.532. The van der Waals surface area contributed by atoms with Crippen LogP contribution in [0.3, 0.4) is 0 Å². The van der Waals surface area contributed by atoms with Gasteiger partial charge in [-0.3, -0.25) is 0 Å². The van der Waals surface area contributed by atoms with Crippen LogP contribution < -0.4 is 5.73 Å². The molecule has 2 heteroatoms. The lowest BCUT2D eigenvalue weighted by atomic mass is 10.2. The van der Waals surface area contributed by atoms with Crippen LogP contribution in [0.5, 0.6) is 0 Å². The van der Waals surface area contributed by atoms with Gasteiger partial charge in [0.15, 0.2) is 0 Å². The zero-order chi connectivity index (χ0) is 5.82. The summed E-state index contributed by atoms with van der Waals surface area (Å²) in [6.07, 6.45) is 1.13. The molecule has 1 heterocycles. The van der Waals surface area contributed by atoms with Gasteiger partial charge < -0.3 is 5.73 Å². The number of hydrogen-bond acceptors (Lipinski definition) is 1. The highest BCUT2D eigenvalue weighted by molar-refractivity contribution is 7.07. The van der Waals surface area contributed by atoms with Crippen molar-refractivity contribution < 1.29 is 5.73 Å². The molecule has 1 aromatic heterocycles. The van der Waals surface area contributed by atoms with Gasteiger partial charge in [0.05, 0.1) is 6.54 Å². The molecule has 0 bridgehead atoms. The van der Waals surface area contributed by atoms with Crippen molar-refractivity contribution >= 4 is 11.3 Å². The molecule has 8 heavy (non-hydrogen) atoms. The Bertz CT molecular complexity index is 134. The largest absolute Gasteiger partial charge is 0.357 e. The second-order valence-corrected chi connectivity index (χ2v) is 2.52. The van der Waals surface area contributed by atoms with Crippen molar-refractivity contribution in [1.82, 2.24) is 0 Å². The van der Waals surface area contributed by atoms with Crippen LogP contribution in [0.25, 0.3) is 0 Å². The Morgan fingerprint density at radius 3 is 3.00 bits per heavy atom. The maximum Gasteiger partial charge on any atom is 0.0781 e. The first-order valence-electron chi connectivity index (χ1n) is 2.74. The summed E-state index contributed by atoms with van der Waals surface area (Å²) in [6, 6.07) is 2.15. The second kappa shape index (κ2) is 2.84. The standard InChI is InChI=1S/C6H9NS/c7-3-1-6-2-4-8-5-6/h2,4-5H,1,3,7H2/p+1. The number of hydrogen-bond donors (Lipinski definition) is 1. The van der Waals surface area contributed by atoms with Gasteiger partial charge in [-0.2, -0.15) is 11.3 Å². The molecule has 0 fully saturated rings. The third-order valence-corrected chi connectivity index (χ3v) is 1.78. The average molecular weight is 128 g/mol. The fourth-order valence-electron chi connectivity index (χ4n) is 0.639. The van der Waals surface area contributed by atoms with Crippen molar-refractivity contribution in [3.8, 4) is 0 Å². The van der Waals surface area contributed by atoms with Gasteiger partial charge in [0.25, 0.3) is 0 Å². The van der Waals surface area contributed by atoms with Gasteiger partial charge in [0, 0.05) is 6.42 Å². The number of thiophene rings is 1. The quantitative estimate of drug-likeness (QED) is 0.602. The van der Waals surface area contributed by atoms with E-state index >= 15 is 0 Å². The molecule has 1 aromatic rings. The molecule has 44 valence electrons. The van der Waals surface area contributed by atoms with E-state index in [0.717, 1.165) is 13.0 Å². The minimum absolute atomic E-state index is 1.01. The van der Waals surface area contributed by atoms with Crippen LogP contribution >= 0.6 is 11.3 Å². The maximum atomic E-state index is 3.77. The van der Waals surface area contributed by atoms with Crippen molar-refractivity contribution in [1.29, 1.82) is 0 Å². The van der Waals surface area contributed by atoms with Crippen molar-refractivity contribution in [3.05, 3.63) is 22.4 Å². The van der Waals surface area contributed by atoms with Gasteiger partial charge in [-0.1, -0.05) is 0 Å². The molecule has 0 aromatic carbocycles. The van der Waals surface area contributed by atoms with E-state index in [-0.39, 0.29) is 0 Å². The van der Waals surface area contributed by atoms with Crippen molar-refractivity contribution in [2.75, 3.05) is 6.54 Å². The molecule has 0 spiro atoms. The smallest absolute Gasteiger partial charge is 0.0781 e. The highest BCUT2D eigenvalue weighted by atomic mass is 32.1. The zero-order valence-electron chi connectivity index (χ0n) is 4.76. The molecule has 0 saturated carbocycles. The monoisotopic (exact) mass is 128 g/mol. The molecule has 1 rings (SSSR count). The van der Waals surface area contributed by atoms with Gasteiger partial charge in [-0.25, -0.2) is 0 Å². The van der Waals surface area contributed by atoms with Crippen LogP contribution in [0.15, 0.2) is 16.8 Å². The minimum Gasteiger partial charge on any atom is -0.357 e. The highest BCUT2D eigenvalue weighted by Crippen LogP contribution is 2.04. The molecule has 0 saturated heterocycles. The van der Waals surface area contributed by atoms with E-state index in [0.29, 0.717) is 0 Å². The van der Waals surface area contributed by atoms with Crippen LogP contribution in [-0.4, -0.2) is 6.54 Å². The van der Waals surface area contributed by atoms with E-state index < -0.39 is 0 Å². The Kier molecular flexibility index (Phi) is 2.06. The van der Waals surface area contributed by atoms with Crippen LogP contribution in [0.2, 0.25) is 0 Å².